The van der Waals surface area contributed by atoms with Crippen LogP contribution in [0, 0.1) is 0 Å². The molecule has 2 saturated heterocycles. The van der Waals surface area contributed by atoms with Crippen LogP contribution in [0.25, 0.3) is 11.3 Å². The number of hydrogen-bond acceptors (Lipinski definition) is 6. The first-order chi connectivity index (χ1) is 20.4. The maximum Gasteiger partial charge on any atom is 0.329 e. The van der Waals surface area contributed by atoms with Crippen molar-refractivity contribution in [3.63, 3.8) is 0 Å². The lowest BCUT2D eigenvalue weighted by Crippen LogP contribution is -2.47. The molecule has 2 aliphatic rings. The number of piperidine rings is 1. The summed E-state index contributed by atoms with van der Waals surface area (Å²) in [5.74, 6) is -0.198. The second-order valence-corrected chi connectivity index (χ2v) is 12.5. The van der Waals surface area contributed by atoms with Gasteiger partial charge >= 0.3 is 5.69 Å². The minimum Gasteiger partial charge on any atom is -0.335 e. The van der Waals surface area contributed by atoms with E-state index in [-0.39, 0.29) is 29.7 Å². The lowest BCUT2D eigenvalue weighted by molar-refractivity contribution is 0.0725. The van der Waals surface area contributed by atoms with Crippen molar-refractivity contribution in [1.82, 2.24) is 28.6 Å². The summed E-state index contributed by atoms with van der Waals surface area (Å²) in [6.45, 7) is 3.10. The molecule has 2 aromatic heterocycles. The minimum absolute atomic E-state index is 0.0162. The van der Waals surface area contributed by atoms with E-state index in [1.807, 2.05) is 60.7 Å². The van der Waals surface area contributed by atoms with Gasteiger partial charge in [0.05, 0.1) is 18.3 Å². The zero-order chi connectivity index (χ0) is 29.1. The van der Waals surface area contributed by atoms with E-state index in [0.29, 0.717) is 57.0 Å². The summed E-state index contributed by atoms with van der Waals surface area (Å²) in [5.41, 5.74) is 2.18. The fourth-order valence-corrected chi connectivity index (χ4v) is 7.35. The van der Waals surface area contributed by atoms with Gasteiger partial charge in [0, 0.05) is 51.0 Å². The number of amides is 1. The number of hydrogen-bond donors (Lipinski definition) is 1. The molecule has 4 heterocycles. The van der Waals surface area contributed by atoms with Crippen molar-refractivity contribution in [1.29, 1.82) is 0 Å². The number of aromatic nitrogens is 3. The molecule has 0 radical (unpaired) electrons. The Morgan fingerprint density at radius 3 is 2.29 bits per heavy atom. The molecule has 0 aliphatic carbocycles. The van der Waals surface area contributed by atoms with Gasteiger partial charge in [0.25, 0.3) is 15.9 Å². The smallest absolute Gasteiger partial charge is 0.329 e. The van der Waals surface area contributed by atoms with Crippen molar-refractivity contribution >= 4 is 15.9 Å². The van der Waals surface area contributed by atoms with Gasteiger partial charge in [-0.05, 0) is 30.5 Å². The summed E-state index contributed by atoms with van der Waals surface area (Å²) in [7, 11) is -3.86. The summed E-state index contributed by atoms with van der Waals surface area (Å²) in [4.78, 5) is 34.6. The number of carbonyl (C=O) groups is 1. The number of sulfonamides is 1. The van der Waals surface area contributed by atoms with Gasteiger partial charge < -0.3 is 10.2 Å². The summed E-state index contributed by atoms with van der Waals surface area (Å²) in [5, 5.41) is 3.27. The van der Waals surface area contributed by atoms with Crippen molar-refractivity contribution in [2.75, 3.05) is 39.3 Å². The van der Waals surface area contributed by atoms with Crippen LogP contribution in [0.2, 0.25) is 0 Å². The highest BCUT2D eigenvalue weighted by Crippen LogP contribution is 2.33. The first-order valence-electron chi connectivity index (χ1n) is 14.3. The Bertz CT molecular complexity index is 1700. The van der Waals surface area contributed by atoms with Crippen molar-refractivity contribution in [3.05, 3.63) is 107 Å². The molecule has 0 spiro atoms. The van der Waals surface area contributed by atoms with Gasteiger partial charge in [-0.1, -0.05) is 66.7 Å². The Kier molecular flexibility index (Phi) is 8.05. The summed E-state index contributed by atoms with van der Waals surface area (Å²) >= 11 is 0. The average molecular weight is 587 g/mol. The van der Waals surface area contributed by atoms with E-state index < -0.39 is 16.1 Å². The molecule has 6 rings (SSSR count). The van der Waals surface area contributed by atoms with E-state index in [4.69, 9.17) is 0 Å². The lowest BCUT2D eigenvalue weighted by Gasteiger charge is -2.33. The third-order valence-corrected chi connectivity index (χ3v) is 9.76. The van der Waals surface area contributed by atoms with E-state index in [9.17, 15) is 18.0 Å². The molecule has 2 fully saturated rings. The van der Waals surface area contributed by atoms with Crippen molar-refractivity contribution in [2.45, 2.75) is 30.5 Å². The molecule has 1 N–H and O–H groups in total. The SMILES string of the molecule is O=C(c1c(-c2ccccc2)n(C2CCCN(S(=O)(=O)c3ccccn3)C2)c(=O)n1Cc1ccccc1)N1CCNCC1. The molecule has 0 bridgehead atoms. The van der Waals surface area contributed by atoms with E-state index in [1.54, 1.807) is 26.2 Å². The fourth-order valence-electron chi connectivity index (χ4n) is 5.90. The van der Waals surface area contributed by atoms with Crippen LogP contribution in [0.4, 0.5) is 0 Å². The molecule has 10 nitrogen and oxygen atoms in total. The predicted molar refractivity (Wildman–Crippen MR) is 160 cm³/mol. The Morgan fingerprint density at radius 2 is 1.60 bits per heavy atom. The zero-order valence-electron chi connectivity index (χ0n) is 23.3. The molecule has 1 atom stereocenters. The van der Waals surface area contributed by atoms with Crippen LogP contribution in [-0.2, 0) is 16.6 Å². The van der Waals surface area contributed by atoms with Crippen LogP contribution in [0.1, 0.15) is 34.9 Å². The van der Waals surface area contributed by atoms with E-state index in [0.717, 1.165) is 11.1 Å². The van der Waals surface area contributed by atoms with Gasteiger partial charge in [0.15, 0.2) is 5.03 Å². The van der Waals surface area contributed by atoms with Crippen LogP contribution in [0.5, 0.6) is 0 Å². The molecule has 1 unspecified atom stereocenters. The number of nitrogens with one attached hydrogen (secondary N) is 1. The number of piperazine rings is 1. The monoisotopic (exact) mass is 586 g/mol. The standard InChI is InChI=1S/C31H34N6O4S/c38-30(34-20-17-32-18-21-34)29-28(25-12-5-2-6-13-25)37(31(39)36(29)22-24-10-3-1-4-11-24)26-14-9-19-35(23-26)42(40,41)27-15-7-8-16-33-27/h1-8,10-13,15-16,26,32H,9,14,17-23H2. The number of imidazole rings is 1. The Labute approximate surface area is 245 Å². The number of pyridine rings is 1. The van der Waals surface area contributed by atoms with Crippen LogP contribution < -0.4 is 11.0 Å². The molecule has 11 heteroatoms. The van der Waals surface area contributed by atoms with Gasteiger partial charge in [-0.15, -0.1) is 0 Å². The average Bonchev–Trinajstić information content (AvgIpc) is 3.33. The third-order valence-electron chi connectivity index (χ3n) is 7.98. The van der Waals surface area contributed by atoms with Crippen LogP contribution in [0.3, 0.4) is 0 Å². The normalized spacial score (nSPS) is 18.2. The molecule has 42 heavy (non-hydrogen) atoms. The van der Waals surface area contributed by atoms with Crippen molar-refractivity contribution in [2.24, 2.45) is 0 Å². The molecule has 1 amide bonds. The molecule has 218 valence electrons. The first kappa shape index (κ1) is 28.1. The van der Waals surface area contributed by atoms with Gasteiger partial charge in [-0.2, -0.15) is 4.31 Å². The van der Waals surface area contributed by atoms with E-state index in [1.165, 1.54) is 16.6 Å². The number of rotatable bonds is 7. The summed E-state index contributed by atoms with van der Waals surface area (Å²) < 4.78 is 31.7. The highest BCUT2D eigenvalue weighted by atomic mass is 32.2. The Balaban J connectivity index is 1.51. The van der Waals surface area contributed by atoms with Crippen molar-refractivity contribution < 1.29 is 13.2 Å². The largest absolute Gasteiger partial charge is 0.335 e. The van der Waals surface area contributed by atoms with Crippen LogP contribution >= 0.6 is 0 Å². The third kappa shape index (κ3) is 5.42. The fraction of sp³-hybridized carbons (Fsp3) is 0.323. The second kappa shape index (κ2) is 12.0. The molecule has 0 saturated carbocycles. The minimum atomic E-state index is -3.86. The quantitative estimate of drug-likeness (QED) is 0.357. The summed E-state index contributed by atoms with van der Waals surface area (Å²) in [6.07, 6.45) is 2.64. The maximum atomic E-state index is 14.5. The van der Waals surface area contributed by atoms with E-state index >= 15 is 0 Å². The van der Waals surface area contributed by atoms with Gasteiger partial charge in [0.2, 0.25) is 0 Å². The van der Waals surface area contributed by atoms with E-state index in [2.05, 4.69) is 10.3 Å². The number of carbonyl (C=O) groups excluding carboxylic acids is 1. The number of benzene rings is 2. The van der Waals surface area contributed by atoms with Crippen LogP contribution in [0.15, 0.2) is 94.9 Å². The molecule has 2 aromatic carbocycles. The predicted octanol–water partition coefficient (Wildman–Crippen LogP) is 2.83. The van der Waals surface area contributed by atoms with Gasteiger partial charge in [0.1, 0.15) is 5.69 Å². The van der Waals surface area contributed by atoms with Gasteiger partial charge in [-0.3, -0.25) is 13.9 Å². The highest BCUT2D eigenvalue weighted by molar-refractivity contribution is 7.89. The highest BCUT2D eigenvalue weighted by Gasteiger charge is 2.37. The number of nitrogens with zero attached hydrogens (tertiary/aromatic N) is 5. The molecular weight excluding hydrogens is 552 g/mol. The maximum absolute atomic E-state index is 14.5. The molecule has 2 aliphatic heterocycles. The molecule has 4 aromatic rings. The van der Waals surface area contributed by atoms with Crippen LogP contribution in [-0.4, -0.2) is 76.9 Å². The first-order valence-corrected chi connectivity index (χ1v) is 15.7. The Hall–Kier alpha value is -4.06. The van der Waals surface area contributed by atoms with Crippen molar-refractivity contribution in [3.8, 4) is 11.3 Å². The van der Waals surface area contributed by atoms with Gasteiger partial charge in [-0.25, -0.2) is 18.2 Å². The zero-order valence-corrected chi connectivity index (χ0v) is 24.1. The Morgan fingerprint density at radius 1 is 0.905 bits per heavy atom. The topological polar surface area (TPSA) is 110 Å². The summed E-state index contributed by atoms with van der Waals surface area (Å²) in [6, 6.07) is 23.4. The lowest BCUT2D eigenvalue weighted by atomic mass is 10.0. The second-order valence-electron chi connectivity index (χ2n) is 10.7. The molecular formula is C31H34N6O4S.